The molecule has 1 saturated heterocycles. The number of amides is 1. The number of nitrogens with two attached hydrogens (primary N) is 1. The molecule has 0 bridgehead atoms. The molecule has 9 heteroatoms. The highest BCUT2D eigenvalue weighted by Crippen LogP contribution is 1.93. The number of carbonyl (C=O) groups is 3. The van der Waals surface area contributed by atoms with E-state index in [2.05, 4.69) is 22.9 Å². The Labute approximate surface area is 102 Å². The Balaban J connectivity index is 0.000000318. The Hall–Kier alpha value is -1.74. The van der Waals surface area contributed by atoms with Gasteiger partial charge >= 0.3 is 11.9 Å². The van der Waals surface area contributed by atoms with E-state index in [1.165, 1.54) is 0 Å². The van der Waals surface area contributed by atoms with Crippen LogP contribution in [0.4, 0.5) is 0 Å². The fraction of sp³-hybridized carbons (Fsp3) is 0.500. The van der Waals surface area contributed by atoms with Crippen molar-refractivity contribution in [1.29, 1.82) is 0 Å². The van der Waals surface area contributed by atoms with Gasteiger partial charge in [0.05, 0.1) is 6.54 Å². The third-order valence-electron chi connectivity index (χ3n) is 1.65. The van der Waals surface area contributed by atoms with Crippen LogP contribution in [0.15, 0.2) is 0 Å². The van der Waals surface area contributed by atoms with Crippen LogP contribution >= 0.6 is 12.2 Å². The van der Waals surface area contributed by atoms with Gasteiger partial charge in [-0.2, -0.15) is 0 Å². The van der Waals surface area contributed by atoms with Crippen molar-refractivity contribution in [2.75, 3.05) is 6.54 Å². The van der Waals surface area contributed by atoms with Gasteiger partial charge in [0.15, 0.2) is 5.11 Å². The van der Waals surface area contributed by atoms with Crippen LogP contribution in [-0.4, -0.2) is 45.8 Å². The molecule has 1 atom stereocenters. The van der Waals surface area contributed by atoms with Crippen LogP contribution in [0, 0.1) is 0 Å². The first-order chi connectivity index (χ1) is 7.82. The van der Waals surface area contributed by atoms with Crippen LogP contribution in [0.2, 0.25) is 0 Å². The summed E-state index contributed by atoms with van der Waals surface area (Å²) in [6.07, 6.45) is -0.224. The molecule has 96 valence electrons. The van der Waals surface area contributed by atoms with Gasteiger partial charge in [-0.3, -0.25) is 14.4 Å². The van der Waals surface area contributed by atoms with Gasteiger partial charge in [0, 0.05) is 6.42 Å². The number of aliphatic carboxylic acids is 2. The summed E-state index contributed by atoms with van der Waals surface area (Å²) in [7, 11) is 0. The predicted molar refractivity (Wildman–Crippen MR) is 61.2 cm³/mol. The first-order valence-electron chi connectivity index (χ1n) is 4.60. The van der Waals surface area contributed by atoms with Gasteiger partial charge in [0.2, 0.25) is 5.91 Å². The third-order valence-corrected chi connectivity index (χ3v) is 1.90. The van der Waals surface area contributed by atoms with E-state index in [0.29, 0.717) is 11.7 Å². The maximum absolute atomic E-state index is 10.2. The minimum atomic E-state index is -1.17. The lowest BCUT2D eigenvalue weighted by Crippen LogP contribution is -2.30. The van der Waals surface area contributed by atoms with Crippen molar-refractivity contribution in [3.63, 3.8) is 0 Å². The molecule has 0 aromatic heterocycles. The van der Waals surface area contributed by atoms with Crippen LogP contribution in [0.1, 0.15) is 12.8 Å². The molecule has 1 aliphatic heterocycles. The van der Waals surface area contributed by atoms with Gasteiger partial charge in [-0.25, -0.2) is 0 Å². The van der Waals surface area contributed by atoms with Gasteiger partial charge in [-0.1, -0.05) is 0 Å². The first kappa shape index (κ1) is 15.3. The highest BCUT2D eigenvalue weighted by molar-refractivity contribution is 7.80. The molecule has 6 N–H and O–H groups in total. The van der Waals surface area contributed by atoms with Crippen LogP contribution < -0.4 is 16.4 Å². The summed E-state index contributed by atoms with van der Waals surface area (Å²) >= 11 is 4.55. The topological polar surface area (TPSA) is 142 Å². The molecule has 0 saturated carbocycles. The first-order valence-corrected chi connectivity index (χ1v) is 5.01. The minimum Gasteiger partial charge on any atom is -0.481 e. The van der Waals surface area contributed by atoms with E-state index in [-0.39, 0.29) is 18.7 Å². The van der Waals surface area contributed by atoms with Crippen molar-refractivity contribution in [2.45, 2.75) is 18.9 Å². The molecule has 0 spiro atoms. The van der Waals surface area contributed by atoms with Crippen molar-refractivity contribution < 1.29 is 24.6 Å². The zero-order valence-electron chi connectivity index (χ0n) is 8.80. The summed E-state index contributed by atoms with van der Waals surface area (Å²) in [6, 6.07) is -1.06. The SMILES string of the molecule is N[C@@H](CCC(=O)O)C(=O)O.O=C1CNC(=S)N1. The summed E-state index contributed by atoms with van der Waals surface area (Å²) in [5.41, 5.74) is 5.00. The van der Waals surface area contributed by atoms with E-state index in [4.69, 9.17) is 15.9 Å². The van der Waals surface area contributed by atoms with E-state index in [0.717, 1.165) is 0 Å². The second kappa shape index (κ2) is 7.52. The normalized spacial score (nSPS) is 15.1. The van der Waals surface area contributed by atoms with Gasteiger partial charge in [-0.15, -0.1) is 0 Å². The van der Waals surface area contributed by atoms with Crippen molar-refractivity contribution >= 4 is 35.2 Å². The van der Waals surface area contributed by atoms with E-state index in [1.54, 1.807) is 0 Å². The fourth-order valence-corrected chi connectivity index (χ4v) is 0.964. The highest BCUT2D eigenvalue weighted by Gasteiger charge is 2.12. The number of nitrogens with one attached hydrogen (secondary N) is 2. The van der Waals surface area contributed by atoms with Crippen molar-refractivity contribution in [1.82, 2.24) is 10.6 Å². The average Bonchev–Trinajstić information content (AvgIpc) is 2.59. The summed E-state index contributed by atoms with van der Waals surface area (Å²) in [4.78, 5) is 30.1. The Kier molecular flexibility index (Phi) is 6.75. The quantitative estimate of drug-likeness (QED) is 0.376. The van der Waals surface area contributed by atoms with Crippen LogP contribution in [0.5, 0.6) is 0 Å². The molecular weight excluding hydrogens is 250 g/mol. The molecule has 1 fully saturated rings. The Morgan fingerprint density at radius 3 is 2.29 bits per heavy atom. The molecule has 0 aliphatic carbocycles. The molecule has 1 rings (SSSR count). The molecule has 8 nitrogen and oxygen atoms in total. The number of carboxylic acid groups (broad SMARTS) is 2. The maximum atomic E-state index is 10.2. The number of carbonyl (C=O) groups excluding carboxylic acids is 1. The number of hydrogen-bond donors (Lipinski definition) is 5. The Bertz CT molecular complexity index is 319. The van der Waals surface area contributed by atoms with E-state index in [9.17, 15) is 14.4 Å². The second-order valence-corrected chi connectivity index (χ2v) is 3.52. The molecule has 1 heterocycles. The maximum Gasteiger partial charge on any atom is 0.320 e. The smallest absolute Gasteiger partial charge is 0.320 e. The molecule has 0 radical (unpaired) electrons. The zero-order valence-corrected chi connectivity index (χ0v) is 9.62. The summed E-state index contributed by atoms with van der Waals surface area (Å²) in [5.74, 6) is -2.25. The molecule has 0 aromatic rings. The van der Waals surface area contributed by atoms with Crippen molar-refractivity contribution in [2.24, 2.45) is 5.73 Å². The second-order valence-electron chi connectivity index (χ2n) is 3.11. The van der Waals surface area contributed by atoms with Gasteiger partial charge in [0.25, 0.3) is 0 Å². The molecule has 1 aliphatic rings. The Morgan fingerprint density at radius 1 is 1.47 bits per heavy atom. The van der Waals surface area contributed by atoms with E-state index in [1.807, 2.05) is 0 Å². The number of thiocarbonyl (C=S) groups is 1. The van der Waals surface area contributed by atoms with E-state index >= 15 is 0 Å². The van der Waals surface area contributed by atoms with E-state index < -0.39 is 18.0 Å². The average molecular weight is 263 g/mol. The lowest BCUT2D eigenvalue weighted by atomic mass is 10.2. The highest BCUT2D eigenvalue weighted by atomic mass is 32.1. The standard InChI is InChI=1S/C5H9NO4.C3H4N2OS/c6-3(5(9)10)1-2-4(7)8;6-2-1-4-3(7)5-2/h3H,1-2,6H2,(H,7,8)(H,9,10);1H2,(H2,4,5,6,7)/t3-;/m0./s1. The minimum absolute atomic E-state index is 0.0231. The summed E-state index contributed by atoms with van der Waals surface area (Å²) < 4.78 is 0. The number of hydrogen-bond acceptors (Lipinski definition) is 5. The van der Waals surface area contributed by atoms with Crippen LogP contribution in [0.25, 0.3) is 0 Å². The summed E-state index contributed by atoms with van der Waals surface area (Å²) in [5, 5.41) is 21.7. The molecule has 0 aromatic carbocycles. The predicted octanol–water partition coefficient (Wildman–Crippen LogP) is -1.75. The van der Waals surface area contributed by atoms with Crippen LogP contribution in [-0.2, 0) is 14.4 Å². The number of rotatable bonds is 4. The van der Waals surface area contributed by atoms with Gasteiger partial charge in [0.1, 0.15) is 6.04 Å². The zero-order chi connectivity index (χ0) is 13.4. The molecule has 17 heavy (non-hydrogen) atoms. The monoisotopic (exact) mass is 263 g/mol. The lowest BCUT2D eigenvalue weighted by molar-refractivity contribution is -0.139. The molecule has 0 unspecified atom stereocenters. The third kappa shape index (κ3) is 8.11. The van der Waals surface area contributed by atoms with Gasteiger partial charge < -0.3 is 26.6 Å². The van der Waals surface area contributed by atoms with Crippen LogP contribution in [0.3, 0.4) is 0 Å². The number of carboxylic acids is 2. The Morgan fingerprint density at radius 2 is 2.06 bits per heavy atom. The largest absolute Gasteiger partial charge is 0.481 e. The van der Waals surface area contributed by atoms with Crippen molar-refractivity contribution in [3.8, 4) is 0 Å². The fourth-order valence-electron chi connectivity index (χ4n) is 0.778. The summed E-state index contributed by atoms with van der Waals surface area (Å²) in [6.45, 7) is 0.332. The molecule has 1 amide bonds. The van der Waals surface area contributed by atoms with Crippen molar-refractivity contribution in [3.05, 3.63) is 0 Å². The lowest BCUT2D eigenvalue weighted by Gasteiger charge is -2.01. The van der Waals surface area contributed by atoms with Gasteiger partial charge in [-0.05, 0) is 18.6 Å². The molecular formula is C8H13N3O5S.